The van der Waals surface area contributed by atoms with Gasteiger partial charge in [-0.15, -0.1) is 0 Å². The molecule has 0 radical (unpaired) electrons. The summed E-state index contributed by atoms with van der Waals surface area (Å²) in [5.41, 5.74) is 2.33. The molecular formula is C23H22N4O3. The van der Waals surface area contributed by atoms with E-state index in [0.29, 0.717) is 35.5 Å². The summed E-state index contributed by atoms with van der Waals surface area (Å²) >= 11 is 0. The van der Waals surface area contributed by atoms with Crippen molar-refractivity contribution in [2.24, 2.45) is 0 Å². The highest BCUT2D eigenvalue weighted by molar-refractivity contribution is 5.98. The number of fused-ring (bicyclic) bond motifs is 2. The Morgan fingerprint density at radius 3 is 2.80 bits per heavy atom. The number of rotatable bonds is 5. The van der Waals surface area contributed by atoms with Crippen LogP contribution in [0.5, 0.6) is 0 Å². The molecule has 1 aliphatic rings. The minimum absolute atomic E-state index is 0.0484. The van der Waals surface area contributed by atoms with Crippen molar-refractivity contribution in [3.05, 3.63) is 82.4 Å². The average Bonchev–Trinajstić information content (AvgIpc) is 3.42. The summed E-state index contributed by atoms with van der Waals surface area (Å²) in [5, 5.41) is 3.40. The van der Waals surface area contributed by atoms with E-state index in [1.165, 1.54) is 4.40 Å². The maximum atomic E-state index is 13.1. The van der Waals surface area contributed by atoms with Crippen molar-refractivity contribution < 1.29 is 9.53 Å². The Balaban J connectivity index is 1.61. The van der Waals surface area contributed by atoms with Gasteiger partial charge in [0.05, 0.1) is 11.5 Å². The summed E-state index contributed by atoms with van der Waals surface area (Å²) in [7, 11) is 0. The Morgan fingerprint density at radius 2 is 2.00 bits per heavy atom. The molecule has 7 nitrogen and oxygen atoms in total. The lowest BCUT2D eigenvalue weighted by molar-refractivity contribution is 0.0851. The van der Waals surface area contributed by atoms with Crippen LogP contribution in [-0.4, -0.2) is 39.1 Å². The lowest BCUT2D eigenvalue weighted by Crippen LogP contribution is -2.33. The largest absolute Gasteiger partial charge is 0.376 e. The van der Waals surface area contributed by atoms with E-state index in [4.69, 9.17) is 9.72 Å². The minimum atomic E-state index is -0.229. The van der Waals surface area contributed by atoms with Gasteiger partial charge in [-0.25, -0.2) is 4.98 Å². The number of nitrogens with zero attached hydrogens (tertiary/aromatic N) is 3. The topological polar surface area (TPSA) is 77.6 Å². The molecule has 1 aromatic carbocycles. The SMILES string of the molecule is O=C(NCC1CCCO1)c1cc2c(=O)n3ccccc3nc2n1Cc1ccccc1. The minimum Gasteiger partial charge on any atom is -0.376 e. The highest BCUT2D eigenvalue weighted by Crippen LogP contribution is 2.19. The summed E-state index contributed by atoms with van der Waals surface area (Å²) in [6, 6.07) is 16.9. The van der Waals surface area contributed by atoms with Crippen LogP contribution in [0.15, 0.2) is 65.6 Å². The highest BCUT2D eigenvalue weighted by Gasteiger charge is 2.22. The second kappa shape index (κ2) is 7.76. The van der Waals surface area contributed by atoms with E-state index in [1.54, 1.807) is 24.4 Å². The van der Waals surface area contributed by atoms with Crippen molar-refractivity contribution in [3.63, 3.8) is 0 Å². The number of carbonyl (C=O) groups excluding carboxylic acids is 1. The first-order chi connectivity index (χ1) is 14.7. The molecule has 1 aliphatic heterocycles. The molecule has 0 saturated carbocycles. The molecule has 4 heterocycles. The molecule has 152 valence electrons. The van der Waals surface area contributed by atoms with Gasteiger partial charge in [0.15, 0.2) is 0 Å². The van der Waals surface area contributed by atoms with Gasteiger partial charge >= 0.3 is 0 Å². The maximum absolute atomic E-state index is 13.1. The fraction of sp³-hybridized carbons (Fsp3) is 0.261. The van der Waals surface area contributed by atoms with Gasteiger partial charge in [0.25, 0.3) is 11.5 Å². The number of ether oxygens (including phenoxy) is 1. The molecular weight excluding hydrogens is 380 g/mol. The number of amides is 1. The third-order valence-corrected chi connectivity index (χ3v) is 5.51. The molecule has 1 saturated heterocycles. The molecule has 4 aromatic rings. The average molecular weight is 402 g/mol. The number of hydrogen-bond acceptors (Lipinski definition) is 4. The zero-order chi connectivity index (χ0) is 20.5. The number of hydrogen-bond donors (Lipinski definition) is 1. The lowest BCUT2D eigenvalue weighted by atomic mass is 10.2. The normalized spacial score (nSPS) is 16.3. The van der Waals surface area contributed by atoms with Crippen LogP contribution in [0.2, 0.25) is 0 Å². The van der Waals surface area contributed by atoms with Crippen molar-refractivity contribution in [3.8, 4) is 0 Å². The zero-order valence-electron chi connectivity index (χ0n) is 16.5. The third kappa shape index (κ3) is 3.37. The summed E-state index contributed by atoms with van der Waals surface area (Å²) in [6.45, 7) is 1.64. The Bertz CT molecular complexity index is 1270. The van der Waals surface area contributed by atoms with E-state index in [9.17, 15) is 9.59 Å². The number of pyridine rings is 1. The highest BCUT2D eigenvalue weighted by atomic mass is 16.5. The van der Waals surface area contributed by atoms with E-state index in [2.05, 4.69) is 5.32 Å². The number of carbonyl (C=O) groups is 1. The molecule has 3 aromatic heterocycles. The number of aromatic nitrogens is 3. The molecule has 7 heteroatoms. The summed E-state index contributed by atoms with van der Waals surface area (Å²) < 4.78 is 8.93. The molecule has 0 spiro atoms. The van der Waals surface area contributed by atoms with Gasteiger partial charge in [-0.05, 0) is 36.6 Å². The van der Waals surface area contributed by atoms with E-state index in [1.807, 2.05) is 41.0 Å². The van der Waals surface area contributed by atoms with Crippen molar-refractivity contribution in [2.75, 3.05) is 13.2 Å². The predicted octanol–water partition coefficient (Wildman–Crippen LogP) is 2.61. The predicted molar refractivity (Wildman–Crippen MR) is 114 cm³/mol. The van der Waals surface area contributed by atoms with Crippen LogP contribution in [0.4, 0.5) is 0 Å². The maximum Gasteiger partial charge on any atom is 0.268 e. The first-order valence-corrected chi connectivity index (χ1v) is 10.1. The van der Waals surface area contributed by atoms with Crippen LogP contribution >= 0.6 is 0 Å². The second-order valence-corrected chi connectivity index (χ2v) is 7.53. The summed E-state index contributed by atoms with van der Waals surface area (Å²) in [4.78, 5) is 30.8. The van der Waals surface area contributed by atoms with Gasteiger partial charge in [0.2, 0.25) is 0 Å². The fourth-order valence-corrected chi connectivity index (χ4v) is 3.97. The number of nitrogens with one attached hydrogen (secondary N) is 1. The summed E-state index contributed by atoms with van der Waals surface area (Å²) in [6.07, 6.45) is 3.70. The van der Waals surface area contributed by atoms with E-state index in [0.717, 1.165) is 25.0 Å². The van der Waals surface area contributed by atoms with Crippen LogP contribution in [0, 0.1) is 0 Å². The van der Waals surface area contributed by atoms with Gasteiger partial charge in [-0.2, -0.15) is 0 Å². The smallest absolute Gasteiger partial charge is 0.268 e. The van der Waals surface area contributed by atoms with Crippen LogP contribution in [0.25, 0.3) is 16.7 Å². The van der Waals surface area contributed by atoms with Crippen LogP contribution in [0.1, 0.15) is 28.9 Å². The van der Waals surface area contributed by atoms with Crippen molar-refractivity contribution in [1.29, 1.82) is 0 Å². The molecule has 1 unspecified atom stereocenters. The Hall–Kier alpha value is -3.45. The Labute approximate surface area is 172 Å². The Morgan fingerprint density at radius 1 is 1.17 bits per heavy atom. The monoisotopic (exact) mass is 402 g/mol. The molecule has 30 heavy (non-hydrogen) atoms. The lowest BCUT2D eigenvalue weighted by Gasteiger charge is -2.13. The number of benzene rings is 1. The second-order valence-electron chi connectivity index (χ2n) is 7.53. The molecule has 5 rings (SSSR count). The van der Waals surface area contributed by atoms with Gasteiger partial charge in [-0.1, -0.05) is 36.4 Å². The zero-order valence-corrected chi connectivity index (χ0v) is 16.5. The molecule has 0 aliphatic carbocycles. The van der Waals surface area contributed by atoms with Crippen LogP contribution in [0.3, 0.4) is 0 Å². The summed E-state index contributed by atoms with van der Waals surface area (Å²) in [5.74, 6) is -0.229. The van der Waals surface area contributed by atoms with Crippen LogP contribution < -0.4 is 10.9 Å². The van der Waals surface area contributed by atoms with Crippen molar-refractivity contribution in [1.82, 2.24) is 19.3 Å². The molecule has 1 fully saturated rings. The quantitative estimate of drug-likeness (QED) is 0.557. The Kier molecular flexibility index (Phi) is 4.80. The van der Waals surface area contributed by atoms with Gasteiger partial charge in [0.1, 0.15) is 17.0 Å². The van der Waals surface area contributed by atoms with Crippen molar-refractivity contribution in [2.45, 2.75) is 25.5 Å². The molecule has 0 bridgehead atoms. The van der Waals surface area contributed by atoms with Gasteiger partial charge < -0.3 is 14.6 Å². The third-order valence-electron chi connectivity index (χ3n) is 5.51. The first kappa shape index (κ1) is 18.6. The molecule has 1 N–H and O–H groups in total. The van der Waals surface area contributed by atoms with Crippen LogP contribution in [-0.2, 0) is 11.3 Å². The first-order valence-electron chi connectivity index (χ1n) is 10.1. The molecule has 1 atom stereocenters. The van der Waals surface area contributed by atoms with E-state index < -0.39 is 0 Å². The molecule has 1 amide bonds. The standard InChI is InChI=1S/C23H22N4O3/c28-22(24-14-17-9-6-12-30-17)19-13-18-21(27(19)15-16-7-2-1-3-8-16)25-20-10-4-5-11-26(20)23(18)29/h1-5,7-8,10-11,13,17H,6,9,12,14-15H2,(H,24,28). The van der Waals surface area contributed by atoms with E-state index >= 15 is 0 Å². The van der Waals surface area contributed by atoms with Gasteiger partial charge in [-0.3, -0.25) is 14.0 Å². The fourth-order valence-electron chi connectivity index (χ4n) is 3.97. The van der Waals surface area contributed by atoms with Gasteiger partial charge in [0, 0.05) is 25.9 Å². The van der Waals surface area contributed by atoms with E-state index in [-0.39, 0.29) is 17.6 Å². The van der Waals surface area contributed by atoms with Crippen molar-refractivity contribution >= 4 is 22.6 Å².